The number of carbonyl (C=O) groups is 2. The number of hydrogen-bond donors (Lipinski definition) is 1. The van der Waals surface area contributed by atoms with Gasteiger partial charge in [0.25, 0.3) is 0 Å². The van der Waals surface area contributed by atoms with Crippen LogP contribution in [-0.4, -0.2) is 17.9 Å². The maximum Gasteiger partial charge on any atom is 0.314 e. The molecule has 0 unspecified atom stereocenters. The number of carbonyl (C=O) groups excluding carboxylic acids is 2. The topological polar surface area (TPSA) is 55.4 Å². The van der Waals surface area contributed by atoms with Crippen molar-refractivity contribution in [1.29, 1.82) is 0 Å². The number of benzene rings is 1. The summed E-state index contributed by atoms with van der Waals surface area (Å²) in [6.07, 6.45) is 10.3. The molecule has 1 aromatic carbocycles. The molecule has 1 N–H and O–H groups in total. The monoisotopic (exact) mass is 449 g/mol. The maximum absolute atomic E-state index is 13.4. The van der Waals surface area contributed by atoms with E-state index in [0.29, 0.717) is 23.5 Å². The molecule has 0 spiro atoms. The number of rotatable bonds is 2. The van der Waals surface area contributed by atoms with Crippen molar-refractivity contribution in [2.45, 2.75) is 84.6 Å². The van der Waals surface area contributed by atoms with E-state index in [4.69, 9.17) is 4.74 Å². The van der Waals surface area contributed by atoms with Crippen LogP contribution in [0.15, 0.2) is 36.4 Å². The van der Waals surface area contributed by atoms with E-state index in [0.717, 1.165) is 38.5 Å². The van der Waals surface area contributed by atoms with Gasteiger partial charge < -0.3 is 10.1 Å². The molecule has 5 rings (SSSR count). The van der Waals surface area contributed by atoms with Crippen LogP contribution in [0.25, 0.3) is 0 Å². The molecular formula is C29H39NO3. The number of fused-ring (bicyclic) bond motifs is 5. The van der Waals surface area contributed by atoms with Crippen LogP contribution in [0, 0.1) is 34.5 Å². The fraction of sp³-hybridized carbons (Fsp3) is 0.655. The molecule has 4 heteroatoms. The molecule has 1 amide bonds. The quantitative estimate of drug-likeness (QED) is 0.458. The third-order valence-corrected chi connectivity index (χ3v) is 9.91. The lowest BCUT2D eigenvalue weighted by atomic mass is 9.48. The Bertz CT molecular complexity index is 974. The number of hydrogen-bond acceptors (Lipinski definition) is 3. The largest absolute Gasteiger partial charge is 0.426 e. The van der Waals surface area contributed by atoms with Crippen LogP contribution in [0.2, 0.25) is 0 Å². The zero-order valence-corrected chi connectivity index (χ0v) is 20.8. The Balaban J connectivity index is 1.32. The molecule has 3 fully saturated rings. The smallest absolute Gasteiger partial charge is 0.314 e. The summed E-state index contributed by atoms with van der Waals surface area (Å²) >= 11 is 0. The summed E-state index contributed by atoms with van der Waals surface area (Å²) in [5.74, 6) is 2.38. The predicted octanol–water partition coefficient (Wildman–Crippen LogP) is 5.80. The molecule has 0 aromatic heterocycles. The fourth-order valence-electron chi connectivity index (χ4n) is 7.93. The van der Waals surface area contributed by atoms with Gasteiger partial charge in [0.05, 0.1) is 5.92 Å². The highest BCUT2D eigenvalue weighted by Gasteiger charge is 2.61. The molecule has 0 saturated heterocycles. The molecule has 4 aliphatic rings. The van der Waals surface area contributed by atoms with Gasteiger partial charge in [-0.3, -0.25) is 9.59 Å². The van der Waals surface area contributed by atoms with Crippen molar-refractivity contribution in [2.75, 3.05) is 0 Å². The highest BCUT2D eigenvalue weighted by atomic mass is 16.5. The van der Waals surface area contributed by atoms with Crippen molar-refractivity contribution >= 4 is 11.9 Å². The van der Waals surface area contributed by atoms with Gasteiger partial charge in [-0.2, -0.15) is 0 Å². The molecule has 7 atom stereocenters. The number of ether oxygens (including phenoxy) is 1. The molecule has 1 aromatic rings. The van der Waals surface area contributed by atoms with Crippen LogP contribution in [0.5, 0.6) is 5.75 Å². The Morgan fingerprint density at radius 2 is 1.73 bits per heavy atom. The van der Waals surface area contributed by atoms with Crippen molar-refractivity contribution in [3.05, 3.63) is 42.0 Å². The molecule has 0 radical (unpaired) electrons. The minimum atomic E-state index is -0.0494. The van der Waals surface area contributed by atoms with Crippen molar-refractivity contribution in [3.8, 4) is 5.75 Å². The van der Waals surface area contributed by atoms with Gasteiger partial charge in [0.15, 0.2) is 0 Å². The highest BCUT2D eigenvalue weighted by Crippen LogP contribution is 2.65. The molecule has 1 aliphatic heterocycles. The van der Waals surface area contributed by atoms with Gasteiger partial charge in [0.1, 0.15) is 5.75 Å². The van der Waals surface area contributed by atoms with E-state index >= 15 is 0 Å². The first-order chi connectivity index (χ1) is 15.5. The Morgan fingerprint density at radius 3 is 2.42 bits per heavy atom. The van der Waals surface area contributed by atoms with E-state index in [2.05, 4.69) is 58.1 Å². The minimum Gasteiger partial charge on any atom is -0.426 e. The molecule has 3 saturated carbocycles. The Labute approximate surface area is 198 Å². The fourth-order valence-corrected chi connectivity index (χ4v) is 7.93. The molecular weight excluding hydrogens is 410 g/mol. The normalized spacial score (nSPS) is 39.8. The molecule has 178 valence electrons. The number of nitrogens with one attached hydrogen (secondary N) is 1. The van der Waals surface area contributed by atoms with Crippen LogP contribution in [-0.2, 0) is 15.0 Å². The van der Waals surface area contributed by atoms with E-state index in [1.165, 1.54) is 5.56 Å². The van der Waals surface area contributed by atoms with E-state index in [1.54, 1.807) is 6.08 Å². The number of amides is 1. The second-order valence-corrected chi connectivity index (χ2v) is 12.6. The lowest BCUT2D eigenvalue weighted by Crippen LogP contribution is -2.59. The minimum absolute atomic E-state index is 0.00836. The van der Waals surface area contributed by atoms with Crippen molar-refractivity contribution < 1.29 is 14.3 Å². The zero-order valence-electron chi connectivity index (χ0n) is 20.8. The maximum atomic E-state index is 13.4. The third kappa shape index (κ3) is 3.65. The van der Waals surface area contributed by atoms with Crippen LogP contribution in [0.1, 0.15) is 78.7 Å². The summed E-state index contributed by atoms with van der Waals surface area (Å²) in [5, 5.41) is 3.23. The lowest BCUT2D eigenvalue weighted by molar-refractivity contribution is -0.147. The first kappa shape index (κ1) is 22.7. The second kappa shape index (κ2) is 7.71. The average Bonchev–Trinajstić information content (AvgIpc) is 3.11. The van der Waals surface area contributed by atoms with Crippen LogP contribution >= 0.6 is 0 Å². The van der Waals surface area contributed by atoms with Gasteiger partial charge in [-0.05, 0) is 90.9 Å². The van der Waals surface area contributed by atoms with E-state index in [-0.39, 0.29) is 40.1 Å². The summed E-state index contributed by atoms with van der Waals surface area (Å²) in [6.45, 7) is 11.3. The van der Waals surface area contributed by atoms with Crippen molar-refractivity contribution in [3.63, 3.8) is 0 Å². The van der Waals surface area contributed by atoms with Gasteiger partial charge in [-0.25, -0.2) is 0 Å². The standard InChI is InChI=1S/C29H39NO3/c1-27(2,3)18-6-8-19(9-7-18)33-26(32)23-12-11-21-20-10-13-24-29(5,17-15-25(31)30-24)22(20)14-16-28(21,23)4/h6-9,15,17,20-24H,10-14,16H2,1-5H3,(H,30,31)/t20-,21-,22-,23+,24+,28-,29+/m0/s1. The van der Waals surface area contributed by atoms with Gasteiger partial charge in [-0.15, -0.1) is 0 Å². The van der Waals surface area contributed by atoms with E-state index in [9.17, 15) is 9.59 Å². The van der Waals surface area contributed by atoms with Crippen LogP contribution < -0.4 is 10.1 Å². The Kier molecular flexibility index (Phi) is 5.30. The summed E-state index contributed by atoms with van der Waals surface area (Å²) in [4.78, 5) is 25.3. The van der Waals surface area contributed by atoms with Gasteiger partial charge in [-0.1, -0.05) is 52.8 Å². The Morgan fingerprint density at radius 1 is 1.00 bits per heavy atom. The van der Waals surface area contributed by atoms with E-state index in [1.807, 2.05) is 12.1 Å². The summed E-state index contributed by atoms with van der Waals surface area (Å²) in [7, 11) is 0. The molecule has 33 heavy (non-hydrogen) atoms. The van der Waals surface area contributed by atoms with Gasteiger partial charge in [0.2, 0.25) is 5.91 Å². The summed E-state index contributed by atoms with van der Waals surface area (Å²) in [6, 6.07) is 8.27. The third-order valence-electron chi connectivity index (χ3n) is 9.91. The molecule has 4 nitrogen and oxygen atoms in total. The second-order valence-electron chi connectivity index (χ2n) is 12.6. The number of esters is 1. The zero-order chi connectivity index (χ0) is 23.6. The SMILES string of the molecule is CC(C)(C)c1ccc(OC(=O)[C@H]2CC[C@H]3[C@@H]4CC[C@H]5NC(=O)C=C[C@]5(C)[C@H]4CC[C@]23C)cc1. The Hall–Kier alpha value is -2.10. The van der Waals surface area contributed by atoms with Gasteiger partial charge in [0, 0.05) is 11.5 Å². The van der Waals surface area contributed by atoms with Crippen molar-refractivity contribution in [1.82, 2.24) is 5.32 Å². The van der Waals surface area contributed by atoms with E-state index < -0.39 is 0 Å². The van der Waals surface area contributed by atoms with Gasteiger partial charge >= 0.3 is 5.97 Å². The highest BCUT2D eigenvalue weighted by molar-refractivity contribution is 5.89. The van der Waals surface area contributed by atoms with Crippen LogP contribution in [0.3, 0.4) is 0 Å². The summed E-state index contributed by atoms with van der Waals surface area (Å²) < 4.78 is 5.94. The first-order valence-corrected chi connectivity index (χ1v) is 12.8. The summed E-state index contributed by atoms with van der Waals surface area (Å²) in [5.41, 5.74) is 1.37. The molecule has 0 bridgehead atoms. The predicted molar refractivity (Wildman–Crippen MR) is 130 cm³/mol. The molecule has 3 aliphatic carbocycles. The molecule has 1 heterocycles. The average molecular weight is 450 g/mol. The van der Waals surface area contributed by atoms with Crippen LogP contribution in [0.4, 0.5) is 0 Å². The first-order valence-electron chi connectivity index (χ1n) is 12.8. The lowest BCUT2D eigenvalue weighted by Gasteiger charge is -2.58. The van der Waals surface area contributed by atoms with Crippen molar-refractivity contribution in [2.24, 2.45) is 34.5 Å².